The summed E-state index contributed by atoms with van der Waals surface area (Å²) in [7, 11) is 0.934. The Labute approximate surface area is 153 Å². The number of nitriles is 1. The van der Waals surface area contributed by atoms with Crippen LogP contribution in [-0.2, 0) is 18.8 Å². The molecular weight excluding hydrogens is 383 g/mol. The first-order valence-corrected chi connectivity index (χ1v) is 8.25. The van der Waals surface area contributed by atoms with E-state index in [-0.39, 0.29) is 11.4 Å². The molecule has 2 aromatic heterocycles. The van der Waals surface area contributed by atoms with E-state index in [0.29, 0.717) is 25.3 Å². The molecule has 0 radical (unpaired) electrons. The molecule has 0 aliphatic heterocycles. The molecule has 7 nitrogen and oxygen atoms in total. The van der Waals surface area contributed by atoms with Crippen molar-refractivity contribution in [2.75, 3.05) is 0 Å². The SMILES string of the molecule is Cn1c(C(F)(F)F)cc(=O)n(-c2ccc3snc(C(C)(N)C#N)c3c2)c1=O. The van der Waals surface area contributed by atoms with E-state index in [0.717, 1.165) is 18.6 Å². The zero-order valence-corrected chi connectivity index (χ0v) is 14.9. The van der Waals surface area contributed by atoms with Crippen molar-refractivity contribution >= 4 is 21.6 Å². The van der Waals surface area contributed by atoms with E-state index in [1.54, 1.807) is 6.07 Å². The predicted molar refractivity (Wildman–Crippen MR) is 92.6 cm³/mol. The number of rotatable bonds is 2. The lowest BCUT2D eigenvalue weighted by Crippen LogP contribution is -2.40. The van der Waals surface area contributed by atoms with E-state index >= 15 is 0 Å². The van der Waals surface area contributed by atoms with E-state index in [1.165, 1.54) is 19.1 Å². The van der Waals surface area contributed by atoms with E-state index in [2.05, 4.69) is 4.37 Å². The van der Waals surface area contributed by atoms with Gasteiger partial charge in [0.25, 0.3) is 5.56 Å². The van der Waals surface area contributed by atoms with E-state index in [1.807, 2.05) is 6.07 Å². The molecule has 0 saturated heterocycles. The van der Waals surface area contributed by atoms with Gasteiger partial charge in [-0.1, -0.05) is 0 Å². The maximum atomic E-state index is 13.0. The van der Waals surface area contributed by atoms with Gasteiger partial charge in [-0.3, -0.25) is 9.36 Å². The van der Waals surface area contributed by atoms with E-state index < -0.39 is 28.7 Å². The zero-order chi connectivity index (χ0) is 20.1. The number of aromatic nitrogens is 3. The number of benzene rings is 1. The van der Waals surface area contributed by atoms with Gasteiger partial charge in [0.2, 0.25) is 0 Å². The minimum absolute atomic E-state index is 0.0528. The maximum absolute atomic E-state index is 13.0. The van der Waals surface area contributed by atoms with Crippen molar-refractivity contribution in [1.29, 1.82) is 5.26 Å². The quantitative estimate of drug-likeness (QED) is 0.713. The molecule has 0 spiro atoms. The Morgan fingerprint density at radius 3 is 2.52 bits per heavy atom. The van der Waals surface area contributed by atoms with Gasteiger partial charge in [-0.05, 0) is 36.7 Å². The number of hydrogen-bond acceptors (Lipinski definition) is 6. The van der Waals surface area contributed by atoms with Gasteiger partial charge in [0.1, 0.15) is 11.2 Å². The first-order chi connectivity index (χ1) is 12.5. The Hall–Kier alpha value is -2.97. The van der Waals surface area contributed by atoms with Crippen molar-refractivity contribution in [3.05, 3.63) is 56.5 Å². The summed E-state index contributed by atoms with van der Waals surface area (Å²) in [6.07, 6.45) is -4.84. The van der Waals surface area contributed by atoms with Crippen molar-refractivity contribution in [3.8, 4) is 11.8 Å². The second-order valence-electron chi connectivity index (χ2n) is 6.07. The van der Waals surface area contributed by atoms with Crippen LogP contribution < -0.4 is 17.0 Å². The normalized spacial score (nSPS) is 14.1. The average molecular weight is 395 g/mol. The summed E-state index contributed by atoms with van der Waals surface area (Å²) in [6.45, 7) is 1.46. The van der Waals surface area contributed by atoms with Crippen LogP contribution in [0.5, 0.6) is 0 Å². The fourth-order valence-electron chi connectivity index (χ4n) is 2.63. The summed E-state index contributed by atoms with van der Waals surface area (Å²) in [5.74, 6) is 0. The Morgan fingerprint density at radius 1 is 1.26 bits per heavy atom. The van der Waals surface area contributed by atoms with E-state index in [4.69, 9.17) is 5.73 Å². The van der Waals surface area contributed by atoms with Crippen LogP contribution in [0, 0.1) is 11.3 Å². The molecule has 0 aliphatic rings. The van der Waals surface area contributed by atoms with Crippen LogP contribution >= 0.6 is 11.5 Å². The number of alkyl halides is 3. The molecule has 0 fully saturated rings. The second kappa shape index (κ2) is 6.04. The third-order valence-corrected chi connectivity index (χ3v) is 4.87. The van der Waals surface area contributed by atoms with Gasteiger partial charge in [0.05, 0.1) is 22.2 Å². The molecule has 1 unspecified atom stereocenters. The van der Waals surface area contributed by atoms with E-state index in [9.17, 15) is 28.0 Å². The van der Waals surface area contributed by atoms with Crippen LogP contribution in [0.1, 0.15) is 18.3 Å². The molecule has 3 aromatic rings. The number of halogens is 3. The Morgan fingerprint density at radius 2 is 1.93 bits per heavy atom. The summed E-state index contributed by atoms with van der Waals surface area (Å²) in [5, 5.41) is 9.66. The predicted octanol–water partition coefficient (Wildman–Crippen LogP) is 1.86. The molecule has 3 rings (SSSR count). The number of hydrogen-bond donors (Lipinski definition) is 1. The van der Waals surface area contributed by atoms with Crippen LogP contribution in [0.15, 0.2) is 33.9 Å². The molecule has 0 aliphatic carbocycles. The molecule has 0 bridgehead atoms. The fourth-order valence-corrected chi connectivity index (χ4v) is 3.49. The van der Waals surface area contributed by atoms with Gasteiger partial charge in [-0.25, -0.2) is 9.36 Å². The Bertz CT molecular complexity index is 1210. The third kappa shape index (κ3) is 3.02. The summed E-state index contributed by atoms with van der Waals surface area (Å²) in [4.78, 5) is 24.6. The highest BCUT2D eigenvalue weighted by Crippen LogP contribution is 2.31. The van der Waals surface area contributed by atoms with Gasteiger partial charge in [-0.2, -0.15) is 22.8 Å². The first kappa shape index (κ1) is 18.8. The fraction of sp³-hybridized carbons (Fsp3) is 0.250. The second-order valence-corrected chi connectivity index (χ2v) is 6.87. The molecule has 1 aromatic carbocycles. The molecule has 0 amide bonds. The van der Waals surface area contributed by atoms with Gasteiger partial charge in [0.15, 0.2) is 0 Å². The molecule has 27 heavy (non-hydrogen) atoms. The topological polar surface area (TPSA) is 107 Å². The summed E-state index contributed by atoms with van der Waals surface area (Å²) < 4.78 is 44.7. The maximum Gasteiger partial charge on any atom is 0.431 e. The zero-order valence-electron chi connectivity index (χ0n) is 14.0. The summed E-state index contributed by atoms with van der Waals surface area (Å²) in [5.41, 5.74) is 1.20. The lowest BCUT2D eigenvalue weighted by atomic mass is 9.98. The smallest absolute Gasteiger partial charge is 0.309 e. The molecular formula is C16H12F3N5O2S. The highest BCUT2D eigenvalue weighted by Gasteiger charge is 2.35. The van der Waals surface area contributed by atoms with Crippen LogP contribution in [0.3, 0.4) is 0 Å². The molecule has 140 valence electrons. The van der Waals surface area contributed by atoms with Crippen molar-refractivity contribution in [2.24, 2.45) is 12.8 Å². The van der Waals surface area contributed by atoms with Gasteiger partial charge < -0.3 is 5.73 Å². The average Bonchev–Trinajstić information content (AvgIpc) is 3.01. The molecule has 2 N–H and O–H groups in total. The Kier molecular flexibility index (Phi) is 4.21. The number of nitrogens with two attached hydrogens (primary N) is 1. The molecule has 0 saturated carbocycles. The van der Waals surface area contributed by atoms with Crippen LogP contribution in [0.4, 0.5) is 13.2 Å². The number of fused-ring (bicyclic) bond motifs is 1. The Balaban J connectivity index is 2.30. The van der Waals surface area contributed by atoms with Gasteiger partial charge in [0, 0.05) is 18.5 Å². The number of nitrogens with zero attached hydrogens (tertiary/aromatic N) is 4. The highest BCUT2D eigenvalue weighted by molar-refractivity contribution is 7.13. The highest BCUT2D eigenvalue weighted by atomic mass is 32.1. The van der Waals surface area contributed by atoms with Crippen molar-refractivity contribution in [1.82, 2.24) is 13.5 Å². The van der Waals surface area contributed by atoms with Crippen LogP contribution in [0.25, 0.3) is 15.8 Å². The molecule has 11 heteroatoms. The lowest BCUT2D eigenvalue weighted by Gasteiger charge is -2.15. The van der Waals surface area contributed by atoms with Crippen molar-refractivity contribution in [2.45, 2.75) is 18.6 Å². The first-order valence-electron chi connectivity index (χ1n) is 7.48. The van der Waals surface area contributed by atoms with Crippen LogP contribution in [-0.4, -0.2) is 13.5 Å². The van der Waals surface area contributed by atoms with Gasteiger partial charge >= 0.3 is 11.9 Å². The molecule has 2 heterocycles. The summed E-state index contributed by atoms with van der Waals surface area (Å²) >= 11 is 1.08. The van der Waals surface area contributed by atoms with Crippen molar-refractivity contribution < 1.29 is 13.2 Å². The van der Waals surface area contributed by atoms with Gasteiger partial charge in [-0.15, -0.1) is 0 Å². The third-order valence-electron chi connectivity index (χ3n) is 4.05. The largest absolute Gasteiger partial charge is 0.431 e. The van der Waals surface area contributed by atoms with Crippen LogP contribution in [0.2, 0.25) is 0 Å². The minimum atomic E-state index is -4.84. The minimum Gasteiger partial charge on any atom is -0.309 e. The summed E-state index contributed by atoms with van der Waals surface area (Å²) in [6, 6.07) is 6.66. The van der Waals surface area contributed by atoms with Crippen molar-refractivity contribution in [3.63, 3.8) is 0 Å². The lowest BCUT2D eigenvalue weighted by molar-refractivity contribution is -0.144. The monoisotopic (exact) mass is 395 g/mol. The molecule has 1 atom stereocenters. The standard InChI is InChI=1S/C16H12F3N5O2S/c1-15(21,7-20)13-9-5-8(3-4-10(9)27-22-13)24-12(25)6-11(16(17,18)19)23(2)14(24)26/h3-6H,21H2,1-2H3.